The van der Waals surface area contributed by atoms with E-state index in [0.717, 1.165) is 59.3 Å². The molecule has 1 aliphatic heterocycles. The number of ether oxygens (including phenoxy) is 2. The Morgan fingerprint density at radius 2 is 1.97 bits per heavy atom. The van der Waals surface area contributed by atoms with Crippen molar-refractivity contribution >= 4 is 26.4 Å². The van der Waals surface area contributed by atoms with Crippen LogP contribution in [-0.2, 0) is 14.6 Å². The molecule has 1 saturated heterocycles. The summed E-state index contributed by atoms with van der Waals surface area (Å²) >= 11 is 0. The molecule has 1 N–H and O–H groups in total. The van der Waals surface area contributed by atoms with E-state index in [2.05, 4.69) is 32.3 Å². The molecule has 8 nitrogen and oxygen atoms in total. The van der Waals surface area contributed by atoms with Crippen LogP contribution in [0.4, 0.5) is 5.82 Å². The van der Waals surface area contributed by atoms with Crippen LogP contribution in [0.5, 0.6) is 5.75 Å². The van der Waals surface area contributed by atoms with E-state index in [-0.39, 0.29) is 18.6 Å². The average Bonchev–Trinajstić information content (AvgIpc) is 2.88. The van der Waals surface area contributed by atoms with Crippen molar-refractivity contribution in [2.45, 2.75) is 32.7 Å². The summed E-state index contributed by atoms with van der Waals surface area (Å²) in [6, 6.07) is 14.0. The Morgan fingerprint density at radius 1 is 1.16 bits per heavy atom. The molecule has 0 saturated carbocycles. The van der Waals surface area contributed by atoms with Gasteiger partial charge in [-0.1, -0.05) is 30.2 Å². The van der Waals surface area contributed by atoms with Gasteiger partial charge in [0.2, 0.25) is 0 Å². The lowest BCUT2D eigenvalue weighted by Crippen LogP contribution is -2.43. The van der Waals surface area contributed by atoms with Gasteiger partial charge in [-0.3, -0.25) is 0 Å². The Hall–Kier alpha value is -3.19. The van der Waals surface area contributed by atoms with E-state index < -0.39 is 9.84 Å². The molecule has 37 heavy (non-hydrogen) atoms. The van der Waals surface area contributed by atoms with Crippen LogP contribution in [-0.4, -0.2) is 74.6 Å². The predicted molar refractivity (Wildman–Crippen MR) is 147 cm³/mol. The van der Waals surface area contributed by atoms with Crippen molar-refractivity contribution in [3.8, 4) is 28.8 Å². The predicted octanol–water partition coefficient (Wildman–Crippen LogP) is 3.96. The molecule has 0 spiro atoms. The highest BCUT2D eigenvalue weighted by atomic mass is 32.2. The molecule has 0 radical (unpaired) electrons. The van der Waals surface area contributed by atoms with Crippen LogP contribution in [0, 0.1) is 11.8 Å². The standard InChI is InChI=1S/C28H34N4O4S/c1-4-9-21-13-14-25(26(18-21)36-20-35-5-2)27-23-11-6-7-12-24(23)28(31-30-27)29-22-10-8-15-32(19-22)16-17-37(3,33)34/h6-7,11-14,18,22H,5,8,10,15-17,19-20H2,1-3H3,(H,29,31). The monoisotopic (exact) mass is 522 g/mol. The van der Waals surface area contributed by atoms with E-state index in [1.807, 2.05) is 49.4 Å². The normalized spacial score (nSPS) is 16.2. The fourth-order valence-corrected chi connectivity index (χ4v) is 5.11. The van der Waals surface area contributed by atoms with Gasteiger partial charge in [0.05, 0.1) is 5.75 Å². The van der Waals surface area contributed by atoms with Crippen LogP contribution in [0.15, 0.2) is 42.5 Å². The molecule has 196 valence electrons. The number of piperidine rings is 1. The van der Waals surface area contributed by atoms with Gasteiger partial charge in [-0.25, -0.2) is 8.42 Å². The highest BCUT2D eigenvalue weighted by Gasteiger charge is 2.23. The summed E-state index contributed by atoms with van der Waals surface area (Å²) in [7, 11) is -2.99. The van der Waals surface area contributed by atoms with Gasteiger partial charge in [-0.05, 0) is 51.4 Å². The Balaban J connectivity index is 1.63. The van der Waals surface area contributed by atoms with Crippen LogP contribution >= 0.6 is 0 Å². The maximum atomic E-state index is 11.6. The second kappa shape index (κ2) is 12.4. The number of sulfone groups is 1. The Kier molecular flexibility index (Phi) is 8.98. The summed E-state index contributed by atoms with van der Waals surface area (Å²) in [5.41, 5.74) is 2.40. The maximum Gasteiger partial charge on any atom is 0.189 e. The molecule has 4 rings (SSSR count). The number of anilines is 1. The molecule has 1 unspecified atom stereocenters. The van der Waals surface area contributed by atoms with Crippen LogP contribution < -0.4 is 10.1 Å². The molecule has 1 aromatic heterocycles. The number of aromatic nitrogens is 2. The van der Waals surface area contributed by atoms with Crippen LogP contribution in [0.25, 0.3) is 22.0 Å². The number of rotatable bonds is 10. The Bertz CT molecular complexity index is 1400. The summed E-state index contributed by atoms with van der Waals surface area (Å²) in [6.45, 7) is 6.63. The third-order valence-corrected chi connectivity index (χ3v) is 7.24. The summed E-state index contributed by atoms with van der Waals surface area (Å²) < 4.78 is 34.6. The summed E-state index contributed by atoms with van der Waals surface area (Å²) in [6.07, 6.45) is 3.27. The third-order valence-electron chi connectivity index (χ3n) is 6.32. The SMILES string of the molecule is CC#Cc1ccc(-c2nnc(NC3CCCN(CCS(C)(=O)=O)C3)c3ccccc23)c(OCOCC)c1. The minimum atomic E-state index is -2.99. The van der Waals surface area contributed by atoms with Crippen LogP contribution in [0.3, 0.4) is 0 Å². The first-order valence-electron chi connectivity index (χ1n) is 12.6. The molecule has 1 atom stereocenters. The number of benzene rings is 2. The van der Waals surface area contributed by atoms with Crippen molar-refractivity contribution in [1.29, 1.82) is 0 Å². The number of likely N-dealkylation sites (tertiary alicyclic amines) is 1. The quantitative estimate of drug-likeness (QED) is 0.243. The van der Waals surface area contributed by atoms with Crippen molar-refractivity contribution in [3.63, 3.8) is 0 Å². The van der Waals surface area contributed by atoms with Crippen LogP contribution in [0.1, 0.15) is 32.3 Å². The average molecular weight is 523 g/mol. The van der Waals surface area contributed by atoms with E-state index in [9.17, 15) is 8.42 Å². The lowest BCUT2D eigenvalue weighted by molar-refractivity contribution is 0.0227. The molecule has 0 bridgehead atoms. The van der Waals surface area contributed by atoms with Crippen molar-refractivity contribution in [2.24, 2.45) is 0 Å². The zero-order chi connectivity index (χ0) is 26.3. The molecule has 2 heterocycles. The number of nitrogens with one attached hydrogen (secondary N) is 1. The zero-order valence-corrected chi connectivity index (χ0v) is 22.5. The van der Waals surface area contributed by atoms with E-state index in [4.69, 9.17) is 9.47 Å². The first kappa shape index (κ1) is 26.9. The smallest absolute Gasteiger partial charge is 0.189 e. The molecule has 1 aliphatic rings. The third kappa shape index (κ3) is 7.19. The van der Waals surface area contributed by atoms with Gasteiger partial charge in [0.15, 0.2) is 12.6 Å². The van der Waals surface area contributed by atoms with Gasteiger partial charge >= 0.3 is 0 Å². The van der Waals surface area contributed by atoms with Gasteiger partial charge < -0.3 is 19.7 Å². The van der Waals surface area contributed by atoms with Crippen LogP contribution in [0.2, 0.25) is 0 Å². The Morgan fingerprint density at radius 3 is 2.73 bits per heavy atom. The summed E-state index contributed by atoms with van der Waals surface area (Å²) in [5.74, 6) is 7.54. The molecule has 0 amide bonds. The summed E-state index contributed by atoms with van der Waals surface area (Å²) in [4.78, 5) is 2.20. The molecule has 0 aliphatic carbocycles. The second-order valence-corrected chi connectivity index (χ2v) is 11.5. The van der Waals surface area contributed by atoms with Crippen molar-refractivity contribution in [2.75, 3.05) is 50.4 Å². The summed E-state index contributed by atoms with van der Waals surface area (Å²) in [5, 5.41) is 14.7. The minimum absolute atomic E-state index is 0.134. The highest BCUT2D eigenvalue weighted by Crippen LogP contribution is 2.36. The van der Waals surface area contributed by atoms with Gasteiger partial charge in [0, 0.05) is 53.9 Å². The number of hydrogen-bond acceptors (Lipinski definition) is 8. The lowest BCUT2D eigenvalue weighted by Gasteiger charge is -2.33. The number of nitrogens with zero attached hydrogens (tertiary/aromatic N) is 3. The first-order chi connectivity index (χ1) is 17.9. The Labute approximate surface area is 219 Å². The van der Waals surface area contributed by atoms with E-state index >= 15 is 0 Å². The van der Waals surface area contributed by atoms with Crippen molar-refractivity contribution in [1.82, 2.24) is 15.1 Å². The second-order valence-electron chi connectivity index (χ2n) is 9.20. The van der Waals surface area contributed by atoms with Gasteiger partial charge in [-0.15, -0.1) is 16.1 Å². The lowest BCUT2D eigenvalue weighted by atomic mass is 10.0. The fraction of sp³-hybridized carbons (Fsp3) is 0.429. The zero-order valence-electron chi connectivity index (χ0n) is 21.7. The number of fused-ring (bicyclic) bond motifs is 1. The minimum Gasteiger partial charge on any atom is -0.467 e. The maximum absolute atomic E-state index is 11.6. The largest absolute Gasteiger partial charge is 0.467 e. The van der Waals surface area contributed by atoms with Gasteiger partial charge in [-0.2, -0.15) is 0 Å². The van der Waals surface area contributed by atoms with Crippen molar-refractivity contribution in [3.05, 3.63) is 48.0 Å². The van der Waals surface area contributed by atoms with E-state index in [1.54, 1.807) is 6.92 Å². The molecule has 3 aromatic rings. The van der Waals surface area contributed by atoms with Gasteiger partial charge in [0.1, 0.15) is 21.3 Å². The van der Waals surface area contributed by atoms with E-state index in [0.29, 0.717) is 18.9 Å². The van der Waals surface area contributed by atoms with E-state index in [1.165, 1.54) is 6.26 Å². The molecular formula is C28H34N4O4S. The fourth-order valence-electron chi connectivity index (χ4n) is 4.52. The first-order valence-corrected chi connectivity index (χ1v) is 14.6. The molecular weight excluding hydrogens is 488 g/mol. The van der Waals surface area contributed by atoms with Gasteiger partial charge in [0.25, 0.3) is 0 Å². The highest BCUT2D eigenvalue weighted by molar-refractivity contribution is 7.90. The molecule has 9 heteroatoms. The van der Waals surface area contributed by atoms with Crippen molar-refractivity contribution < 1.29 is 17.9 Å². The molecule has 1 fully saturated rings. The molecule has 2 aromatic carbocycles. The number of hydrogen-bond donors (Lipinski definition) is 1. The topological polar surface area (TPSA) is 93.7 Å².